The van der Waals surface area contributed by atoms with Crippen LogP contribution in [0, 0.1) is 5.82 Å². The standard InChI is InChI=1S/C23H26FN11O2/c1-3-33(12-11-32(2)23-28-29-31-35(23)15-7-5-4-6-8-15)22(37)20(36)16-13-25-19-18(16)17(24)14-26-21(19)34-10-9-27-30-34/h4-10,13-14,25,27,29-31H,3,11-12H2,1-2H3. The molecule has 37 heavy (non-hydrogen) atoms. The number of hydrazone groups is 1. The van der Waals surface area contributed by atoms with Crippen LogP contribution in [0.25, 0.3) is 10.9 Å². The summed E-state index contributed by atoms with van der Waals surface area (Å²) in [5.74, 6) is -1.28. The summed E-state index contributed by atoms with van der Waals surface area (Å²) in [5.41, 5.74) is 12.4. The van der Waals surface area contributed by atoms with E-state index in [0.29, 0.717) is 30.4 Å². The first kappa shape index (κ1) is 24.0. The number of Topliss-reactive ketones (excluding diaryl/α,β-unsaturated/α-hetero) is 1. The maximum Gasteiger partial charge on any atom is 0.295 e. The minimum absolute atomic E-state index is 0.00887. The molecule has 0 atom stereocenters. The Morgan fingerprint density at radius 3 is 2.68 bits per heavy atom. The van der Waals surface area contributed by atoms with Gasteiger partial charge in [0.2, 0.25) is 5.96 Å². The highest BCUT2D eigenvalue weighted by atomic mass is 19.1. The maximum atomic E-state index is 14.8. The van der Waals surface area contributed by atoms with Crippen LogP contribution in [0.5, 0.6) is 0 Å². The molecule has 0 saturated heterocycles. The average molecular weight is 508 g/mol. The molecule has 3 aromatic rings. The number of guanidine groups is 1. The Bertz CT molecular complexity index is 1370. The molecule has 2 aromatic heterocycles. The van der Waals surface area contributed by atoms with Gasteiger partial charge in [0, 0.05) is 45.3 Å². The number of aromatic nitrogens is 2. The van der Waals surface area contributed by atoms with Crippen LogP contribution in [-0.4, -0.2) is 64.1 Å². The second-order valence-electron chi connectivity index (χ2n) is 8.27. The third-order valence-corrected chi connectivity index (χ3v) is 6.05. The molecule has 0 spiro atoms. The van der Waals surface area contributed by atoms with Gasteiger partial charge in [0.25, 0.3) is 11.7 Å². The lowest BCUT2D eigenvalue weighted by Gasteiger charge is -2.28. The van der Waals surface area contributed by atoms with Crippen LogP contribution in [0.4, 0.5) is 15.9 Å². The molecule has 5 rings (SSSR count). The van der Waals surface area contributed by atoms with Crippen molar-refractivity contribution in [1.29, 1.82) is 0 Å². The molecule has 192 valence electrons. The molecule has 0 unspecified atom stereocenters. The first-order valence-corrected chi connectivity index (χ1v) is 11.6. The Morgan fingerprint density at radius 2 is 1.95 bits per heavy atom. The van der Waals surface area contributed by atoms with Gasteiger partial charge >= 0.3 is 0 Å². The molecule has 4 heterocycles. The number of carbonyl (C=O) groups excluding carboxylic acids is 2. The van der Waals surface area contributed by atoms with Gasteiger partial charge in [0.05, 0.1) is 28.4 Å². The highest BCUT2D eigenvalue weighted by molar-refractivity contribution is 6.45. The molecule has 14 heteroatoms. The van der Waals surface area contributed by atoms with Gasteiger partial charge in [0.15, 0.2) is 11.6 Å². The van der Waals surface area contributed by atoms with Gasteiger partial charge in [-0.25, -0.2) is 24.9 Å². The molecule has 2 aliphatic rings. The molecule has 0 fully saturated rings. The molecule has 0 bridgehead atoms. The largest absolute Gasteiger partial charge is 0.357 e. The smallest absolute Gasteiger partial charge is 0.295 e. The molecule has 0 radical (unpaired) electrons. The topological polar surface area (TPSA) is 136 Å². The van der Waals surface area contributed by atoms with Crippen LogP contribution in [0.2, 0.25) is 0 Å². The van der Waals surface area contributed by atoms with E-state index < -0.39 is 17.5 Å². The number of hydrogen-bond donors (Lipinski definition) is 5. The van der Waals surface area contributed by atoms with E-state index >= 15 is 0 Å². The minimum Gasteiger partial charge on any atom is -0.357 e. The van der Waals surface area contributed by atoms with Crippen molar-refractivity contribution in [2.24, 2.45) is 5.10 Å². The molecule has 0 aliphatic carbocycles. The number of hydrazine groups is 4. The summed E-state index contributed by atoms with van der Waals surface area (Å²) >= 11 is 0. The van der Waals surface area contributed by atoms with Gasteiger partial charge < -0.3 is 20.2 Å². The summed E-state index contributed by atoms with van der Waals surface area (Å²) in [5, 5.41) is 7.57. The number of nitrogens with one attached hydrogen (secondary N) is 5. The number of nitrogens with zero attached hydrogens (tertiary/aromatic N) is 6. The number of anilines is 2. The van der Waals surface area contributed by atoms with E-state index in [-0.39, 0.29) is 17.5 Å². The first-order valence-electron chi connectivity index (χ1n) is 11.6. The van der Waals surface area contributed by atoms with Crippen LogP contribution in [0.1, 0.15) is 17.3 Å². The van der Waals surface area contributed by atoms with Gasteiger partial charge in [-0.3, -0.25) is 9.59 Å². The molecule has 5 N–H and O–H groups in total. The highest BCUT2D eigenvalue weighted by Crippen LogP contribution is 2.29. The maximum absolute atomic E-state index is 14.8. The lowest BCUT2D eigenvalue weighted by atomic mass is 10.1. The SMILES string of the molecule is CCN(CCN(C)C1=NNNN1c1ccccc1)C(=O)C(=O)c1c[nH]c2c(N3C=CNN3)ncc(F)c12. The van der Waals surface area contributed by atoms with E-state index in [1.54, 1.807) is 24.3 Å². The number of benzene rings is 1. The summed E-state index contributed by atoms with van der Waals surface area (Å²) < 4.78 is 14.8. The monoisotopic (exact) mass is 507 g/mol. The Hall–Kier alpha value is -4.69. The third-order valence-electron chi connectivity index (χ3n) is 6.05. The number of rotatable bonds is 8. The lowest BCUT2D eigenvalue weighted by molar-refractivity contribution is -0.126. The summed E-state index contributed by atoms with van der Waals surface area (Å²) in [6, 6.07) is 9.61. The Kier molecular flexibility index (Phi) is 6.57. The fourth-order valence-electron chi connectivity index (χ4n) is 4.11. The predicted molar refractivity (Wildman–Crippen MR) is 136 cm³/mol. The van der Waals surface area contributed by atoms with E-state index in [9.17, 15) is 14.0 Å². The zero-order valence-electron chi connectivity index (χ0n) is 20.2. The normalized spacial score (nSPS) is 14.5. The van der Waals surface area contributed by atoms with Gasteiger partial charge in [-0.2, -0.15) is 0 Å². The van der Waals surface area contributed by atoms with Crippen LogP contribution in [-0.2, 0) is 4.79 Å². The molecular formula is C23H26FN11O2. The Morgan fingerprint density at radius 1 is 1.14 bits per heavy atom. The fraction of sp³-hybridized carbons (Fsp3) is 0.217. The number of halogens is 1. The Labute approximate surface area is 211 Å². The van der Waals surface area contributed by atoms with Crippen LogP contribution < -0.4 is 32.0 Å². The minimum atomic E-state index is -0.803. The number of H-pyrrole nitrogens is 1. The highest BCUT2D eigenvalue weighted by Gasteiger charge is 2.29. The van der Waals surface area contributed by atoms with E-state index in [4.69, 9.17) is 0 Å². The van der Waals surface area contributed by atoms with Crippen molar-refractivity contribution in [3.8, 4) is 0 Å². The third kappa shape index (κ3) is 4.50. The zero-order chi connectivity index (χ0) is 25.9. The van der Waals surface area contributed by atoms with Crippen molar-refractivity contribution in [2.75, 3.05) is 36.7 Å². The number of hydrogen-bond acceptors (Lipinski definition) is 11. The van der Waals surface area contributed by atoms with Crippen LogP contribution >= 0.6 is 0 Å². The van der Waals surface area contributed by atoms with Gasteiger partial charge in [-0.05, 0) is 19.1 Å². The summed E-state index contributed by atoms with van der Waals surface area (Å²) in [7, 11) is 1.84. The molecule has 1 aromatic carbocycles. The van der Waals surface area contributed by atoms with Crippen molar-refractivity contribution >= 4 is 40.1 Å². The summed E-state index contributed by atoms with van der Waals surface area (Å²) in [6.45, 7) is 2.74. The van der Waals surface area contributed by atoms with Gasteiger partial charge in [-0.15, -0.1) is 16.2 Å². The van der Waals surface area contributed by atoms with Gasteiger partial charge in [-0.1, -0.05) is 18.2 Å². The van der Waals surface area contributed by atoms with E-state index in [2.05, 4.69) is 37.1 Å². The van der Waals surface area contributed by atoms with Crippen molar-refractivity contribution < 1.29 is 14.0 Å². The predicted octanol–water partition coefficient (Wildman–Crippen LogP) is 0.766. The van der Waals surface area contributed by atoms with Crippen LogP contribution in [0.15, 0.2) is 60.2 Å². The summed E-state index contributed by atoms with van der Waals surface area (Å²) in [6.07, 6.45) is 5.65. The number of ketones is 1. The zero-order valence-corrected chi connectivity index (χ0v) is 20.2. The van der Waals surface area contributed by atoms with E-state index in [1.165, 1.54) is 16.1 Å². The number of carbonyl (C=O) groups is 2. The van der Waals surface area contributed by atoms with Crippen molar-refractivity contribution in [3.63, 3.8) is 0 Å². The number of fused-ring (bicyclic) bond motifs is 1. The number of aromatic amines is 1. The fourth-order valence-corrected chi connectivity index (χ4v) is 4.11. The summed E-state index contributed by atoms with van der Waals surface area (Å²) in [4.78, 5) is 36.7. The Balaban J connectivity index is 1.30. The second kappa shape index (κ2) is 10.1. The second-order valence-corrected chi connectivity index (χ2v) is 8.27. The molecule has 13 nitrogen and oxygen atoms in total. The number of amides is 1. The van der Waals surface area contributed by atoms with Crippen molar-refractivity contribution in [1.82, 2.24) is 41.8 Å². The lowest BCUT2D eigenvalue weighted by Crippen LogP contribution is -2.49. The number of pyridine rings is 1. The average Bonchev–Trinajstić information content (AvgIpc) is 3.70. The van der Waals surface area contributed by atoms with Gasteiger partial charge in [0.1, 0.15) is 0 Å². The van der Waals surface area contributed by atoms with Crippen molar-refractivity contribution in [3.05, 3.63) is 66.5 Å². The van der Waals surface area contributed by atoms with Crippen molar-refractivity contribution in [2.45, 2.75) is 6.92 Å². The number of likely N-dealkylation sites (N-methyl/N-ethyl adjacent to an activating group) is 2. The number of para-hydroxylation sites is 1. The quantitative estimate of drug-likeness (QED) is 0.220. The van der Waals surface area contributed by atoms with E-state index in [0.717, 1.165) is 11.9 Å². The molecule has 0 saturated carbocycles. The molecular weight excluding hydrogens is 481 g/mol. The molecule has 2 aliphatic heterocycles. The molecule has 1 amide bonds. The van der Waals surface area contributed by atoms with E-state index in [1.807, 2.05) is 42.3 Å². The first-order chi connectivity index (χ1) is 18.0. The van der Waals surface area contributed by atoms with Crippen LogP contribution in [0.3, 0.4) is 0 Å².